The number of hydrogen-bond acceptors (Lipinski definition) is 8. The van der Waals surface area contributed by atoms with Gasteiger partial charge in [0.1, 0.15) is 11.9 Å². The Hall–Kier alpha value is -3.19. The third-order valence-corrected chi connectivity index (χ3v) is 5.74. The van der Waals surface area contributed by atoms with Crippen molar-refractivity contribution in [1.82, 2.24) is 29.5 Å². The van der Waals surface area contributed by atoms with Crippen LogP contribution >= 0.6 is 11.6 Å². The van der Waals surface area contributed by atoms with Gasteiger partial charge in [0.15, 0.2) is 5.15 Å². The average Bonchev–Trinajstić information content (AvgIpc) is 3.48. The minimum Gasteiger partial charge on any atom is -0.383 e. The predicted octanol–water partition coefficient (Wildman–Crippen LogP) is 2.74. The summed E-state index contributed by atoms with van der Waals surface area (Å²) in [4.78, 5) is 13.6. The van der Waals surface area contributed by atoms with Crippen LogP contribution in [0.3, 0.4) is 0 Å². The minimum atomic E-state index is 0.413. The quantitative estimate of drug-likeness (QED) is 0.631. The Morgan fingerprint density at radius 2 is 2.19 bits per heavy atom. The number of anilines is 3. The molecule has 0 bridgehead atoms. The van der Waals surface area contributed by atoms with Crippen molar-refractivity contribution in [2.75, 3.05) is 44.0 Å². The Bertz CT molecular complexity index is 1170. The van der Waals surface area contributed by atoms with Crippen LogP contribution < -0.4 is 10.6 Å². The Labute approximate surface area is 185 Å². The van der Waals surface area contributed by atoms with Crippen molar-refractivity contribution in [3.05, 3.63) is 46.7 Å². The van der Waals surface area contributed by atoms with E-state index in [-0.39, 0.29) is 0 Å². The number of nitrogens with zero attached hydrogens (tertiary/aromatic N) is 7. The van der Waals surface area contributed by atoms with Gasteiger partial charge in [-0.25, -0.2) is 14.6 Å². The van der Waals surface area contributed by atoms with Gasteiger partial charge in [0.2, 0.25) is 5.95 Å². The molecule has 0 atom stereocenters. The first-order valence-corrected chi connectivity index (χ1v) is 10.5. The molecule has 9 nitrogen and oxygen atoms in total. The van der Waals surface area contributed by atoms with E-state index in [2.05, 4.69) is 54.7 Å². The van der Waals surface area contributed by atoms with Crippen LogP contribution in [-0.2, 0) is 13.1 Å². The van der Waals surface area contributed by atoms with Gasteiger partial charge < -0.3 is 10.6 Å². The van der Waals surface area contributed by atoms with Crippen LogP contribution in [-0.4, -0.2) is 62.9 Å². The number of likely N-dealkylation sites (N-methyl/N-ethyl adjacent to an activating group) is 1. The van der Waals surface area contributed by atoms with Gasteiger partial charge in [-0.2, -0.15) is 10.4 Å². The van der Waals surface area contributed by atoms with Crippen molar-refractivity contribution in [1.29, 1.82) is 5.26 Å². The van der Waals surface area contributed by atoms with E-state index in [1.54, 1.807) is 12.3 Å². The van der Waals surface area contributed by atoms with Gasteiger partial charge in [-0.05, 0) is 37.2 Å². The van der Waals surface area contributed by atoms with Gasteiger partial charge in [-0.15, -0.1) is 0 Å². The van der Waals surface area contributed by atoms with Crippen LogP contribution in [0.5, 0.6) is 0 Å². The molecule has 31 heavy (non-hydrogen) atoms. The zero-order valence-corrected chi connectivity index (χ0v) is 17.9. The number of halogens is 1. The minimum absolute atomic E-state index is 0.413. The molecule has 3 aromatic rings. The third kappa shape index (κ3) is 4.05. The molecule has 0 aliphatic carbocycles. The van der Waals surface area contributed by atoms with Crippen LogP contribution in [0.25, 0.3) is 11.3 Å². The van der Waals surface area contributed by atoms with Gasteiger partial charge >= 0.3 is 0 Å². The van der Waals surface area contributed by atoms with E-state index in [0.717, 1.165) is 61.0 Å². The van der Waals surface area contributed by atoms with E-state index in [0.29, 0.717) is 23.3 Å². The first-order chi connectivity index (χ1) is 15.1. The normalized spacial score (nSPS) is 16.2. The molecule has 5 rings (SSSR count). The zero-order valence-electron chi connectivity index (χ0n) is 17.1. The Balaban J connectivity index is 1.40. The van der Waals surface area contributed by atoms with Crippen LogP contribution in [0.4, 0.5) is 17.5 Å². The summed E-state index contributed by atoms with van der Waals surface area (Å²) in [5.74, 6) is 1.18. The number of fused-ring (bicyclic) bond motifs is 1. The lowest BCUT2D eigenvalue weighted by Gasteiger charge is -2.17. The standard InChI is InChI=1S/C21H22ClN9/c1-29-6-7-30(12-29)13-31-19(10-18(22)28-31)27-21-25-5-3-17(26-21)15-8-14-2-4-24-20(14)16(9-15)11-23/h3,5,8-10,24H,2,4,6-7,12-13H2,1H3,(H,25,26,27). The summed E-state index contributed by atoms with van der Waals surface area (Å²) in [6.07, 6.45) is 2.61. The lowest BCUT2D eigenvalue weighted by atomic mass is 10.0. The summed E-state index contributed by atoms with van der Waals surface area (Å²) in [7, 11) is 2.10. The maximum absolute atomic E-state index is 9.52. The summed E-state index contributed by atoms with van der Waals surface area (Å²) >= 11 is 6.18. The summed E-state index contributed by atoms with van der Waals surface area (Å²) < 4.78 is 1.83. The second kappa shape index (κ2) is 8.15. The summed E-state index contributed by atoms with van der Waals surface area (Å²) in [5.41, 5.74) is 4.36. The predicted molar refractivity (Wildman–Crippen MR) is 119 cm³/mol. The van der Waals surface area contributed by atoms with Gasteiger partial charge in [-0.3, -0.25) is 9.80 Å². The lowest BCUT2D eigenvalue weighted by Crippen LogP contribution is -2.27. The molecule has 10 heteroatoms. The average molecular weight is 436 g/mol. The largest absolute Gasteiger partial charge is 0.383 e. The van der Waals surface area contributed by atoms with Crippen LogP contribution in [0, 0.1) is 11.3 Å². The molecule has 1 aromatic carbocycles. The third-order valence-electron chi connectivity index (χ3n) is 5.55. The molecule has 1 saturated heterocycles. The smallest absolute Gasteiger partial charge is 0.228 e. The van der Waals surface area contributed by atoms with Crippen molar-refractivity contribution < 1.29 is 0 Å². The highest BCUT2D eigenvalue weighted by molar-refractivity contribution is 6.29. The molecular weight excluding hydrogens is 414 g/mol. The fraction of sp³-hybridized carbons (Fsp3) is 0.333. The van der Waals surface area contributed by atoms with Crippen molar-refractivity contribution in [3.8, 4) is 17.3 Å². The van der Waals surface area contributed by atoms with Crippen LogP contribution in [0.15, 0.2) is 30.5 Å². The van der Waals surface area contributed by atoms with Crippen LogP contribution in [0.1, 0.15) is 11.1 Å². The number of rotatable bonds is 5. The molecule has 158 valence electrons. The fourth-order valence-corrected chi connectivity index (χ4v) is 4.25. The molecule has 2 N–H and O–H groups in total. The molecule has 2 aromatic heterocycles. The molecule has 0 radical (unpaired) electrons. The number of benzene rings is 1. The lowest BCUT2D eigenvalue weighted by molar-refractivity contribution is 0.218. The maximum atomic E-state index is 9.52. The molecule has 2 aliphatic rings. The number of hydrogen-bond donors (Lipinski definition) is 2. The van der Waals surface area contributed by atoms with E-state index in [4.69, 9.17) is 11.6 Å². The number of aromatic nitrogens is 4. The van der Waals surface area contributed by atoms with Crippen molar-refractivity contribution in [2.24, 2.45) is 0 Å². The second-order valence-corrected chi connectivity index (χ2v) is 8.23. The number of nitriles is 1. The molecule has 1 fully saturated rings. The molecule has 0 amide bonds. The summed E-state index contributed by atoms with van der Waals surface area (Å²) in [6.45, 7) is 4.37. The molecule has 0 spiro atoms. The SMILES string of the molecule is CN1CCN(Cn2nc(Cl)cc2Nc2nccc(-c3cc(C#N)c4c(c3)CCN4)n2)C1. The highest BCUT2D eigenvalue weighted by Gasteiger charge is 2.20. The Kier molecular flexibility index (Phi) is 5.19. The molecule has 2 aliphatic heterocycles. The van der Waals surface area contributed by atoms with E-state index in [9.17, 15) is 5.26 Å². The number of nitrogens with one attached hydrogen (secondary N) is 2. The van der Waals surface area contributed by atoms with Gasteiger partial charge in [0.25, 0.3) is 0 Å². The van der Waals surface area contributed by atoms with Gasteiger partial charge in [0, 0.05) is 37.5 Å². The van der Waals surface area contributed by atoms with Gasteiger partial charge in [0.05, 0.1) is 30.3 Å². The Morgan fingerprint density at radius 3 is 3.00 bits per heavy atom. The first kappa shape index (κ1) is 19.8. The molecule has 4 heterocycles. The second-order valence-electron chi connectivity index (χ2n) is 7.85. The zero-order chi connectivity index (χ0) is 21.4. The van der Waals surface area contributed by atoms with E-state index >= 15 is 0 Å². The fourth-order valence-electron chi connectivity index (χ4n) is 4.05. The highest BCUT2D eigenvalue weighted by atomic mass is 35.5. The van der Waals surface area contributed by atoms with Crippen LogP contribution in [0.2, 0.25) is 5.15 Å². The Morgan fingerprint density at radius 1 is 1.29 bits per heavy atom. The molecule has 0 unspecified atom stereocenters. The van der Waals surface area contributed by atoms with E-state index in [1.807, 2.05) is 16.8 Å². The van der Waals surface area contributed by atoms with E-state index < -0.39 is 0 Å². The summed E-state index contributed by atoms with van der Waals surface area (Å²) in [5, 5.41) is 20.9. The monoisotopic (exact) mass is 435 g/mol. The van der Waals surface area contributed by atoms with Crippen molar-refractivity contribution in [3.63, 3.8) is 0 Å². The maximum Gasteiger partial charge on any atom is 0.228 e. The van der Waals surface area contributed by atoms with Crippen molar-refractivity contribution >= 4 is 29.1 Å². The summed E-state index contributed by atoms with van der Waals surface area (Å²) in [6, 6.07) is 9.86. The molecule has 0 saturated carbocycles. The van der Waals surface area contributed by atoms with E-state index in [1.165, 1.54) is 0 Å². The highest BCUT2D eigenvalue weighted by Crippen LogP contribution is 2.32. The topological polar surface area (TPSA) is 97.9 Å². The van der Waals surface area contributed by atoms with Gasteiger partial charge in [-0.1, -0.05) is 11.6 Å². The first-order valence-electron chi connectivity index (χ1n) is 10.1. The van der Waals surface area contributed by atoms with Crippen molar-refractivity contribution in [2.45, 2.75) is 13.1 Å². The molecular formula is C21H22ClN9.